The monoisotopic (exact) mass is 392 g/mol. The lowest BCUT2D eigenvalue weighted by atomic mass is 9.98. The topological polar surface area (TPSA) is 51.2 Å². The number of Topliss-reactive ketones (excluding diaryl/α,β-unsaturated/α-hetero) is 1. The fourth-order valence-corrected chi connectivity index (χ4v) is 2.87. The molecule has 1 aliphatic heterocycles. The first-order valence-electron chi connectivity index (χ1n) is 6.49. The van der Waals surface area contributed by atoms with Crippen LogP contribution < -0.4 is 5.32 Å². The van der Waals surface area contributed by atoms with Gasteiger partial charge in [-0.05, 0) is 46.4 Å². The van der Waals surface area contributed by atoms with Gasteiger partial charge >= 0.3 is 0 Å². The van der Waals surface area contributed by atoms with Crippen LogP contribution in [0, 0.1) is 3.57 Å². The van der Waals surface area contributed by atoms with Crippen LogP contribution in [0.15, 0.2) is 54.7 Å². The lowest BCUT2D eigenvalue weighted by Gasteiger charge is -2.10. The Morgan fingerprint density at radius 2 is 2.14 bits per heavy atom. The minimum Gasteiger partial charge on any atom is -0.462 e. The average Bonchev–Trinajstić information content (AvgIpc) is 2.85. The molecule has 1 aromatic carbocycles. The van der Waals surface area contributed by atoms with Gasteiger partial charge in [0.05, 0.1) is 5.57 Å². The van der Waals surface area contributed by atoms with Crippen molar-refractivity contribution in [2.45, 2.75) is 6.10 Å². The van der Waals surface area contributed by atoms with E-state index < -0.39 is 6.10 Å². The van der Waals surface area contributed by atoms with E-state index in [9.17, 15) is 4.79 Å². The predicted octanol–water partition coefficient (Wildman–Crippen LogP) is 2.91. The van der Waals surface area contributed by atoms with E-state index in [2.05, 4.69) is 32.9 Å². The highest BCUT2D eigenvalue weighted by Gasteiger charge is 2.36. The Balaban J connectivity index is 2.01. The maximum atomic E-state index is 12.7. The minimum atomic E-state index is -0.631. The largest absolute Gasteiger partial charge is 0.462 e. The molecule has 0 fully saturated rings. The summed E-state index contributed by atoms with van der Waals surface area (Å²) in [6.45, 7) is 0. The van der Waals surface area contributed by atoms with Gasteiger partial charge < -0.3 is 10.1 Å². The van der Waals surface area contributed by atoms with Crippen molar-refractivity contribution in [3.8, 4) is 0 Å². The summed E-state index contributed by atoms with van der Waals surface area (Å²) in [6, 6.07) is 11.5. The summed E-state index contributed by atoms with van der Waals surface area (Å²) in [4.78, 5) is 16.8. The molecule has 1 aliphatic rings. The van der Waals surface area contributed by atoms with Crippen LogP contribution >= 0.6 is 22.6 Å². The second kappa shape index (κ2) is 5.85. The molecule has 1 unspecified atom stereocenters. The number of aromatic nitrogens is 1. The first-order chi connectivity index (χ1) is 10.2. The molecule has 5 heteroatoms. The molecule has 0 aliphatic carbocycles. The van der Waals surface area contributed by atoms with Crippen molar-refractivity contribution < 1.29 is 9.53 Å². The first kappa shape index (κ1) is 14.1. The van der Waals surface area contributed by atoms with Gasteiger partial charge in [-0.15, -0.1) is 0 Å². The van der Waals surface area contributed by atoms with E-state index in [4.69, 9.17) is 4.74 Å². The van der Waals surface area contributed by atoms with Gasteiger partial charge in [0.25, 0.3) is 0 Å². The van der Waals surface area contributed by atoms with Gasteiger partial charge in [-0.25, -0.2) is 0 Å². The number of rotatable bonds is 3. The number of halogens is 1. The molecule has 0 saturated heterocycles. The van der Waals surface area contributed by atoms with E-state index in [1.807, 2.05) is 30.3 Å². The van der Waals surface area contributed by atoms with E-state index in [-0.39, 0.29) is 5.78 Å². The Hall–Kier alpha value is -1.89. The number of pyridine rings is 1. The van der Waals surface area contributed by atoms with Crippen molar-refractivity contribution in [1.82, 2.24) is 10.3 Å². The number of nitrogens with one attached hydrogen (secondary N) is 1. The summed E-state index contributed by atoms with van der Waals surface area (Å²) >= 11 is 2.23. The van der Waals surface area contributed by atoms with E-state index in [0.717, 1.165) is 14.7 Å². The maximum absolute atomic E-state index is 12.7. The van der Waals surface area contributed by atoms with Gasteiger partial charge in [-0.3, -0.25) is 9.78 Å². The lowest BCUT2D eigenvalue weighted by molar-refractivity contribution is -0.120. The molecule has 2 heterocycles. The Labute approximate surface area is 136 Å². The predicted molar refractivity (Wildman–Crippen MR) is 88.2 cm³/mol. The number of ether oxygens (including phenoxy) is 1. The van der Waals surface area contributed by atoms with Gasteiger partial charge in [-0.2, -0.15) is 0 Å². The number of carbonyl (C=O) groups excluding carboxylic acids is 1. The van der Waals surface area contributed by atoms with E-state index in [1.54, 1.807) is 25.5 Å². The summed E-state index contributed by atoms with van der Waals surface area (Å²) in [5.74, 6) is 0.463. The number of hydrogen-bond acceptors (Lipinski definition) is 4. The fraction of sp³-hybridized carbons (Fsp3) is 0.125. The van der Waals surface area contributed by atoms with E-state index >= 15 is 0 Å². The van der Waals surface area contributed by atoms with Crippen LogP contribution in [0.4, 0.5) is 0 Å². The maximum Gasteiger partial charge on any atom is 0.214 e. The molecule has 1 aromatic heterocycles. The van der Waals surface area contributed by atoms with E-state index in [1.165, 1.54) is 0 Å². The fourth-order valence-electron chi connectivity index (χ4n) is 2.33. The van der Waals surface area contributed by atoms with Crippen LogP contribution in [0.5, 0.6) is 0 Å². The van der Waals surface area contributed by atoms with E-state index in [0.29, 0.717) is 11.5 Å². The number of benzene rings is 1. The van der Waals surface area contributed by atoms with Crippen LogP contribution in [0.3, 0.4) is 0 Å². The van der Waals surface area contributed by atoms with Crippen molar-refractivity contribution in [3.63, 3.8) is 0 Å². The zero-order chi connectivity index (χ0) is 14.8. The molecule has 2 aromatic rings. The van der Waals surface area contributed by atoms with Gasteiger partial charge in [0.2, 0.25) is 5.78 Å². The molecule has 0 saturated carbocycles. The van der Waals surface area contributed by atoms with Gasteiger partial charge in [0.15, 0.2) is 12.0 Å². The van der Waals surface area contributed by atoms with Crippen LogP contribution in [-0.4, -0.2) is 17.8 Å². The summed E-state index contributed by atoms with van der Waals surface area (Å²) in [7, 11) is 1.75. The second-order valence-electron chi connectivity index (χ2n) is 4.61. The zero-order valence-electron chi connectivity index (χ0n) is 11.3. The highest BCUT2D eigenvalue weighted by atomic mass is 127. The highest BCUT2D eigenvalue weighted by molar-refractivity contribution is 14.1. The molecule has 1 N–H and O–H groups in total. The van der Waals surface area contributed by atoms with Gasteiger partial charge in [-0.1, -0.05) is 18.2 Å². The number of carbonyl (C=O) groups is 1. The summed E-state index contributed by atoms with van der Waals surface area (Å²) in [6.07, 6.45) is 2.71. The molecular weight excluding hydrogens is 379 g/mol. The average molecular weight is 392 g/mol. The normalized spacial score (nSPS) is 17.8. The summed E-state index contributed by atoms with van der Waals surface area (Å²) < 4.78 is 6.87. The Kier molecular flexibility index (Phi) is 3.92. The smallest absolute Gasteiger partial charge is 0.214 e. The molecule has 0 radical (unpaired) electrons. The van der Waals surface area contributed by atoms with Crippen LogP contribution in [0.1, 0.15) is 17.2 Å². The SMILES string of the molecule is CNC1=C(c2cccc(I)c2)C(=O)C(c2cccnc2)O1. The van der Waals surface area contributed by atoms with Crippen molar-refractivity contribution in [3.05, 3.63) is 69.4 Å². The zero-order valence-corrected chi connectivity index (χ0v) is 13.5. The quantitative estimate of drug-likeness (QED) is 0.817. The van der Waals surface area contributed by atoms with Gasteiger partial charge in [0.1, 0.15) is 0 Å². The number of hydrogen-bond donors (Lipinski definition) is 1. The molecule has 0 bridgehead atoms. The van der Waals surface area contributed by atoms with Crippen molar-refractivity contribution in [1.29, 1.82) is 0 Å². The molecule has 1 atom stereocenters. The highest BCUT2D eigenvalue weighted by Crippen LogP contribution is 2.36. The third kappa shape index (κ3) is 2.65. The molecule has 4 nitrogen and oxygen atoms in total. The van der Waals surface area contributed by atoms with Crippen LogP contribution in [-0.2, 0) is 9.53 Å². The lowest BCUT2D eigenvalue weighted by Crippen LogP contribution is -2.10. The van der Waals surface area contributed by atoms with Crippen molar-refractivity contribution >= 4 is 33.9 Å². The molecule has 106 valence electrons. The Morgan fingerprint density at radius 1 is 1.29 bits per heavy atom. The van der Waals surface area contributed by atoms with Gasteiger partial charge in [0, 0.05) is 28.6 Å². The first-order valence-corrected chi connectivity index (χ1v) is 7.57. The van der Waals surface area contributed by atoms with Crippen LogP contribution in [0.2, 0.25) is 0 Å². The molecule has 0 amide bonds. The molecule has 0 spiro atoms. The van der Waals surface area contributed by atoms with Crippen molar-refractivity contribution in [2.24, 2.45) is 0 Å². The molecular formula is C16H13IN2O2. The summed E-state index contributed by atoms with van der Waals surface area (Å²) in [5, 5.41) is 2.98. The number of ketones is 1. The molecule has 21 heavy (non-hydrogen) atoms. The second-order valence-corrected chi connectivity index (χ2v) is 5.86. The molecule has 3 rings (SSSR count). The third-order valence-electron chi connectivity index (χ3n) is 3.27. The Morgan fingerprint density at radius 3 is 2.81 bits per heavy atom. The van der Waals surface area contributed by atoms with Crippen molar-refractivity contribution in [2.75, 3.05) is 7.05 Å². The van der Waals surface area contributed by atoms with Crippen LogP contribution in [0.25, 0.3) is 5.57 Å². The number of nitrogens with zero attached hydrogens (tertiary/aromatic N) is 1. The summed E-state index contributed by atoms with van der Waals surface area (Å²) in [5.41, 5.74) is 2.21. The minimum absolute atomic E-state index is 0.0469. The third-order valence-corrected chi connectivity index (χ3v) is 3.95. The Bertz CT molecular complexity index is 713. The standard InChI is InChI=1S/C16H13IN2O2/c1-18-16-13(10-4-2-6-12(17)8-10)14(20)15(21-16)11-5-3-7-19-9-11/h2-9,15,18H,1H3.